The first-order chi connectivity index (χ1) is 9.24. The van der Waals surface area contributed by atoms with Crippen LogP contribution in [-0.4, -0.2) is 11.0 Å². The molecule has 0 saturated heterocycles. The van der Waals surface area contributed by atoms with Crippen LogP contribution in [0.4, 0.5) is 5.82 Å². The van der Waals surface area contributed by atoms with Crippen LogP contribution in [0.5, 0.6) is 0 Å². The number of hydrogen-bond donors (Lipinski definition) is 1. The predicted octanol–water partition coefficient (Wildman–Crippen LogP) is 4.47. The van der Waals surface area contributed by atoms with Crippen molar-refractivity contribution in [3.8, 4) is 0 Å². The van der Waals surface area contributed by atoms with Gasteiger partial charge in [-0.25, -0.2) is 4.98 Å². The van der Waals surface area contributed by atoms with Gasteiger partial charge in [-0.1, -0.05) is 38.1 Å². The molecule has 1 heterocycles. The van der Waals surface area contributed by atoms with E-state index in [1.807, 2.05) is 6.20 Å². The van der Waals surface area contributed by atoms with Crippen LogP contribution in [0.3, 0.4) is 0 Å². The topological polar surface area (TPSA) is 24.9 Å². The summed E-state index contributed by atoms with van der Waals surface area (Å²) in [5.74, 6) is 2.71. The van der Waals surface area contributed by atoms with Crippen molar-refractivity contribution < 1.29 is 0 Å². The highest BCUT2D eigenvalue weighted by Crippen LogP contribution is 2.32. The quantitative estimate of drug-likeness (QED) is 0.855. The molecule has 1 aliphatic carbocycles. The van der Waals surface area contributed by atoms with E-state index >= 15 is 0 Å². The van der Waals surface area contributed by atoms with E-state index in [9.17, 15) is 0 Å². The van der Waals surface area contributed by atoms with Gasteiger partial charge in [0.2, 0.25) is 0 Å². The van der Waals surface area contributed by atoms with Crippen LogP contribution in [0.1, 0.15) is 33.1 Å². The summed E-state index contributed by atoms with van der Waals surface area (Å²) in [6.07, 6.45) is 5.74. The van der Waals surface area contributed by atoms with E-state index in [-0.39, 0.29) is 0 Å². The lowest BCUT2D eigenvalue weighted by molar-refractivity contribution is 0.260. The third-order valence-corrected chi connectivity index (χ3v) is 4.61. The molecule has 3 unspecified atom stereocenters. The number of rotatable bonds is 2. The molecular weight excluding hydrogens is 232 g/mol. The first kappa shape index (κ1) is 12.5. The average molecular weight is 254 g/mol. The van der Waals surface area contributed by atoms with Crippen molar-refractivity contribution in [3.05, 3.63) is 36.5 Å². The number of aromatic nitrogens is 1. The summed E-state index contributed by atoms with van der Waals surface area (Å²) in [7, 11) is 0. The Balaban J connectivity index is 1.82. The van der Waals surface area contributed by atoms with Gasteiger partial charge in [0.1, 0.15) is 5.82 Å². The fraction of sp³-hybridized carbons (Fsp3) is 0.471. The Kier molecular flexibility index (Phi) is 3.41. The largest absolute Gasteiger partial charge is 0.367 e. The van der Waals surface area contributed by atoms with Crippen LogP contribution in [0.25, 0.3) is 10.8 Å². The molecule has 2 nitrogen and oxygen atoms in total. The van der Waals surface area contributed by atoms with Crippen molar-refractivity contribution in [2.75, 3.05) is 5.32 Å². The van der Waals surface area contributed by atoms with Gasteiger partial charge < -0.3 is 5.32 Å². The second kappa shape index (κ2) is 5.20. The van der Waals surface area contributed by atoms with Crippen LogP contribution in [0.15, 0.2) is 36.5 Å². The smallest absolute Gasteiger partial charge is 0.134 e. The molecule has 3 rings (SSSR count). The summed E-state index contributed by atoms with van der Waals surface area (Å²) in [6.45, 7) is 4.74. The number of nitrogens with one attached hydrogen (secondary N) is 1. The average Bonchev–Trinajstić information content (AvgIpc) is 2.43. The monoisotopic (exact) mass is 254 g/mol. The molecule has 1 fully saturated rings. The molecule has 0 amide bonds. The summed E-state index contributed by atoms with van der Waals surface area (Å²) in [5, 5.41) is 6.16. The highest BCUT2D eigenvalue weighted by molar-refractivity contribution is 5.91. The molecule has 3 atom stereocenters. The third kappa shape index (κ3) is 2.58. The predicted molar refractivity (Wildman–Crippen MR) is 81.3 cm³/mol. The molecule has 19 heavy (non-hydrogen) atoms. The van der Waals surface area contributed by atoms with E-state index < -0.39 is 0 Å². The van der Waals surface area contributed by atoms with Gasteiger partial charge in [-0.3, -0.25) is 0 Å². The Morgan fingerprint density at radius 2 is 1.89 bits per heavy atom. The van der Waals surface area contributed by atoms with Crippen LogP contribution in [0.2, 0.25) is 0 Å². The van der Waals surface area contributed by atoms with E-state index in [1.165, 1.54) is 30.0 Å². The number of nitrogens with zero attached hydrogens (tertiary/aromatic N) is 1. The molecule has 0 spiro atoms. The van der Waals surface area contributed by atoms with Crippen molar-refractivity contribution in [2.45, 2.75) is 39.2 Å². The molecule has 0 radical (unpaired) electrons. The van der Waals surface area contributed by atoms with E-state index in [0.29, 0.717) is 6.04 Å². The Morgan fingerprint density at radius 1 is 1.05 bits per heavy atom. The van der Waals surface area contributed by atoms with Crippen molar-refractivity contribution in [1.29, 1.82) is 0 Å². The van der Waals surface area contributed by atoms with Gasteiger partial charge in [0.15, 0.2) is 0 Å². The third-order valence-electron chi connectivity index (χ3n) is 4.61. The fourth-order valence-corrected chi connectivity index (χ4v) is 3.11. The van der Waals surface area contributed by atoms with E-state index in [2.05, 4.69) is 54.5 Å². The summed E-state index contributed by atoms with van der Waals surface area (Å²) in [6, 6.07) is 11.1. The number of hydrogen-bond acceptors (Lipinski definition) is 2. The van der Waals surface area contributed by atoms with Crippen molar-refractivity contribution in [2.24, 2.45) is 11.8 Å². The molecule has 0 aliphatic heterocycles. The normalized spacial score (nSPS) is 27.4. The Hall–Kier alpha value is -1.57. The molecule has 1 saturated carbocycles. The standard InChI is InChI=1S/C17H22N2/c1-12-7-8-15(11-13(12)2)19-17-16-6-4-3-5-14(16)9-10-18-17/h3-6,9-10,12-13,15H,7-8,11H2,1-2H3,(H,18,19). The first-order valence-electron chi connectivity index (χ1n) is 7.34. The molecule has 0 bridgehead atoms. The van der Waals surface area contributed by atoms with Gasteiger partial charge in [0.05, 0.1) is 0 Å². The van der Waals surface area contributed by atoms with Crippen LogP contribution in [-0.2, 0) is 0 Å². The summed E-state index contributed by atoms with van der Waals surface area (Å²) in [5.41, 5.74) is 0. The molecule has 1 aliphatic rings. The maximum Gasteiger partial charge on any atom is 0.134 e. The lowest BCUT2D eigenvalue weighted by Crippen LogP contribution is -2.30. The lowest BCUT2D eigenvalue weighted by Gasteiger charge is -2.33. The van der Waals surface area contributed by atoms with E-state index in [0.717, 1.165) is 17.7 Å². The SMILES string of the molecule is CC1CCC(Nc2nccc3ccccc23)CC1C. The molecule has 2 heteroatoms. The van der Waals surface area contributed by atoms with Crippen molar-refractivity contribution in [3.63, 3.8) is 0 Å². The molecule has 1 aromatic carbocycles. The zero-order valence-corrected chi connectivity index (χ0v) is 11.8. The Morgan fingerprint density at radius 3 is 2.74 bits per heavy atom. The van der Waals surface area contributed by atoms with Gasteiger partial charge in [0.25, 0.3) is 0 Å². The van der Waals surface area contributed by atoms with Crippen LogP contribution < -0.4 is 5.32 Å². The maximum absolute atomic E-state index is 4.53. The molecule has 100 valence electrons. The zero-order valence-electron chi connectivity index (χ0n) is 11.8. The Bertz CT molecular complexity index is 559. The fourth-order valence-electron chi connectivity index (χ4n) is 3.11. The van der Waals surface area contributed by atoms with Crippen molar-refractivity contribution >= 4 is 16.6 Å². The molecular formula is C17H22N2. The number of benzene rings is 1. The lowest BCUT2D eigenvalue weighted by atomic mass is 9.79. The minimum Gasteiger partial charge on any atom is -0.367 e. The highest BCUT2D eigenvalue weighted by atomic mass is 15.0. The molecule has 1 N–H and O–H groups in total. The molecule has 1 aromatic heterocycles. The summed E-state index contributed by atoms with van der Waals surface area (Å²) in [4.78, 5) is 4.53. The summed E-state index contributed by atoms with van der Waals surface area (Å²) < 4.78 is 0. The second-order valence-electron chi connectivity index (χ2n) is 5.99. The van der Waals surface area contributed by atoms with Crippen LogP contribution >= 0.6 is 0 Å². The van der Waals surface area contributed by atoms with E-state index in [1.54, 1.807) is 0 Å². The highest BCUT2D eigenvalue weighted by Gasteiger charge is 2.24. The minimum atomic E-state index is 0.574. The van der Waals surface area contributed by atoms with Gasteiger partial charge in [-0.15, -0.1) is 0 Å². The Labute approximate surface area is 115 Å². The van der Waals surface area contributed by atoms with E-state index in [4.69, 9.17) is 0 Å². The summed E-state index contributed by atoms with van der Waals surface area (Å²) >= 11 is 0. The minimum absolute atomic E-state index is 0.574. The molecule has 2 aromatic rings. The zero-order chi connectivity index (χ0) is 13.2. The second-order valence-corrected chi connectivity index (χ2v) is 5.99. The maximum atomic E-state index is 4.53. The van der Waals surface area contributed by atoms with Crippen molar-refractivity contribution in [1.82, 2.24) is 4.98 Å². The van der Waals surface area contributed by atoms with Gasteiger partial charge in [-0.05, 0) is 42.6 Å². The van der Waals surface area contributed by atoms with Crippen LogP contribution in [0, 0.1) is 11.8 Å². The van der Waals surface area contributed by atoms with Gasteiger partial charge in [0, 0.05) is 17.6 Å². The van der Waals surface area contributed by atoms with Gasteiger partial charge >= 0.3 is 0 Å². The van der Waals surface area contributed by atoms with Gasteiger partial charge in [-0.2, -0.15) is 0 Å². The first-order valence-corrected chi connectivity index (χ1v) is 7.34. The number of anilines is 1. The number of pyridine rings is 1. The number of fused-ring (bicyclic) bond motifs is 1.